The number of aliphatic hydroxyl groups is 1. The van der Waals surface area contributed by atoms with Crippen LogP contribution in [0.3, 0.4) is 0 Å². The van der Waals surface area contributed by atoms with Crippen molar-refractivity contribution in [3.63, 3.8) is 0 Å². The van der Waals surface area contributed by atoms with Gasteiger partial charge in [-0.1, -0.05) is 0 Å². The molecule has 8 unspecified atom stereocenters. The molecule has 5 aliphatic rings. The van der Waals surface area contributed by atoms with Gasteiger partial charge in [-0.05, 0) is 74.5 Å². The van der Waals surface area contributed by atoms with Crippen LogP contribution >= 0.6 is 0 Å². The summed E-state index contributed by atoms with van der Waals surface area (Å²) in [5, 5.41) is 20.2. The van der Waals surface area contributed by atoms with E-state index in [1.165, 1.54) is 0 Å². The first-order valence-corrected chi connectivity index (χ1v) is 9.14. The molecule has 4 saturated carbocycles. The lowest BCUT2D eigenvalue weighted by Crippen LogP contribution is -2.59. The summed E-state index contributed by atoms with van der Waals surface area (Å²) in [6, 6.07) is 1.72. The quantitative estimate of drug-likeness (QED) is 0.800. The van der Waals surface area contributed by atoms with Crippen molar-refractivity contribution in [2.45, 2.75) is 75.1 Å². The van der Waals surface area contributed by atoms with Gasteiger partial charge in [0.2, 0.25) is 5.91 Å². The zero-order valence-electron chi connectivity index (χ0n) is 13.4. The van der Waals surface area contributed by atoms with Crippen molar-refractivity contribution in [2.24, 2.45) is 28.9 Å². The van der Waals surface area contributed by atoms with Crippen molar-refractivity contribution in [1.29, 1.82) is 5.26 Å². The Bertz CT molecular complexity index is 616. The van der Waals surface area contributed by atoms with Gasteiger partial charge >= 0.3 is 0 Å². The Kier molecular flexibility index (Phi) is 2.65. The lowest BCUT2D eigenvalue weighted by Gasteiger charge is -2.50. The standard InChI is InChI=1S/C18H25N3O2/c19-8-13-3-11-4-14(11)21(13)16(22)15(20)17-2-1-10-6-18(23,9-17)7-12(10)5-17/h10-15,23H,1-7,9,20H2. The molecule has 1 saturated heterocycles. The van der Waals surface area contributed by atoms with Crippen molar-refractivity contribution in [3.05, 3.63) is 0 Å². The number of fused-ring (bicyclic) bond motifs is 3. The molecule has 0 aromatic carbocycles. The monoisotopic (exact) mass is 315 g/mol. The van der Waals surface area contributed by atoms with Crippen molar-refractivity contribution < 1.29 is 9.90 Å². The summed E-state index contributed by atoms with van der Waals surface area (Å²) in [6.07, 6.45) is 7.39. The molecule has 5 heteroatoms. The number of hydrogen-bond acceptors (Lipinski definition) is 4. The van der Waals surface area contributed by atoms with Gasteiger partial charge in [0.15, 0.2) is 0 Å². The molecule has 5 fully saturated rings. The third-order valence-electron chi connectivity index (χ3n) is 7.75. The summed E-state index contributed by atoms with van der Waals surface area (Å²) in [4.78, 5) is 14.9. The first-order chi connectivity index (χ1) is 10.9. The van der Waals surface area contributed by atoms with Gasteiger partial charge in [0.05, 0.1) is 17.7 Å². The molecule has 124 valence electrons. The molecule has 3 bridgehead atoms. The Morgan fingerprint density at radius 1 is 1.26 bits per heavy atom. The third kappa shape index (κ3) is 1.82. The second-order valence-corrected chi connectivity index (χ2v) is 9.10. The van der Waals surface area contributed by atoms with Gasteiger partial charge in [0.1, 0.15) is 6.04 Å². The molecule has 0 aromatic heterocycles. The number of amides is 1. The van der Waals surface area contributed by atoms with E-state index < -0.39 is 11.6 Å². The maximum absolute atomic E-state index is 13.1. The van der Waals surface area contributed by atoms with Gasteiger partial charge in [-0.25, -0.2) is 0 Å². The van der Waals surface area contributed by atoms with E-state index in [1.807, 2.05) is 0 Å². The number of carbonyl (C=O) groups is 1. The van der Waals surface area contributed by atoms with E-state index in [1.54, 1.807) is 4.90 Å². The fourth-order valence-electron chi connectivity index (χ4n) is 6.73. The number of likely N-dealkylation sites (tertiary alicyclic amines) is 1. The number of rotatable bonds is 2. The average Bonchev–Trinajstić information content (AvgIpc) is 3.14. The van der Waals surface area contributed by atoms with Crippen molar-refractivity contribution in [3.8, 4) is 6.07 Å². The predicted octanol–water partition coefficient (Wildman–Crippen LogP) is 1.16. The lowest BCUT2D eigenvalue weighted by atomic mass is 9.58. The van der Waals surface area contributed by atoms with Crippen LogP contribution in [-0.4, -0.2) is 39.6 Å². The van der Waals surface area contributed by atoms with Gasteiger partial charge in [-0.15, -0.1) is 0 Å². The van der Waals surface area contributed by atoms with Crippen LogP contribution in [0.4, 0.5) is 0 Å². The molecule has 1 aliphatic heterocycles. The van der Waals surface area contributed by atoms with Gasteiger partial charge in [0, 0.05) is 6.04 Å². The molecule has 4 aliphatic carbocycles. The number of nitrogens with two attached hydrogens (primary N) is 1. The molecule has 8 atom stereocenters. The van der Waals surface area contributed by atoms with Crippen LogP contribution in [0.5, 0.6) is 0 Å². The molecule has 0 spiro atoms. The molecule has 1 amide bonds. The molecule has 1 heterocycles. The Labute approximate surface area is 136 Å². The number of piperidine rings is 1. The Hall–Kier alpha value is -1.12. The first-order valence-electron chi connectivity index (χ1n) is 9.14. The van der Waals surface area contributed by atoms with Crippen LogP contribution in [0, 0.1) is 34.5 Å². The van der Waals surface area contributed by atoms with Crippen LogP contribution in [0.15, 0.2) is 0 Å². The normalized spacial score (nSPS) is 53.8. The van der Waals surface area contributed by atoms with Crippen LogP contribution in [0.25, 0.3) is 0 Å². The van der Waals surface area contributed by atoms with Gasteiger partial charge < -0.3 is 15.7 Å². The fourth-order valence-corrected chi connectivity index (χ4v) is 6.73. The molecule has 5 rings (SSSR count). The highest BCUT2D eigenvalue weighted by atomic mass is 16.3. The first kappa shape index (κ1) is 14.2. The smallest absolute Gasteiger partial charge is 0.241 e. The highest BCUT2D eigenvalue weighted by Gasteiger charge is 2.63. The maximum Gasteiger partial charge on any atom is 0.241 e. The van der Waals surface area contributed by atoms with E-state index in [9.17, 15) is 15.2 Å². The van der Waals surface area contributed by atoms with Crippen LogP contribution in [0.1, 0.15) is 51.4 Å². The van der Waals surface area contributed by atoms with Crippen molar-refractivity contribution >= 4 is 5.91 Å². The topological polar surface area (TPSA) is 90.4 Å². The average molecular weight is 315 g/mol. The summed E-state index contributed by atoms with van der Waals surface area (Å²) < 4.78 is 0. The second-order valence-electron chi connectivity index (χ2n) is 9.10. The molecule has 0 aromatic rings. The fraction of sp³-hybridized carbons (Fsp3) is 0.889. The van der Waals surface area contributed by atoms with Crippen LogP contribution < -0.4 is 5.73 Å². The minimum absolute atomic E-state index is 0.0232. The molecule has 23 heavy (non-hydrogen) atoms. The van der Waals surface area contributed by atoms with Gasteiger partial charge in [0.25, 0.3) is 0 Å². The second kappa shape index (κ2) is 4.29. The Balaban J connectivity index is 1.43. The molecule has 3 N–H and O–H groups in total. The highest BCUT2D eigenvalue weighted by molar-refractivity contribution is 5.84. The van der Waals surface area contributed by atoms with E-state index in [0.717, 1.165) is 44.9 Å². The van der Waals surface area contributed by atoms with Gasteiger partial charge in [-0.2, -0.15) is 5.26 Å². The number of hydrogen-bond donors (Lipinski definition) is 2. The minimum atomic E-state index is -0.594. The zero-order valence-corrected chi connectivity index (χ0v) is 13.4. The Morgan fingerprint density at radius 2 is 2.04 bits per heavy atom. The highest BCUT2D eigenvalue weighted by Crippen LogP contribution is 2.63. The van der Waals surface area contributed by atoms with E-state index in [-0.39, 0.29) is 23.4 Å². The molecular formula is C18H25N3O2. The zero-order chi connectivity index (χ0) is 16.0. The van der Waals surface area contributed by atoms with Crippen molar-refractivity contribution in [2.75, 3.05) is 0 Å². The summed E-state index contributed by atoms with van der Waals surface area (Å²) in [5.41, 5.74) is 5.70. The van der Waals surface area contributed by atoms with Crippen molar-refractivity contribution in [1.82, 2.24) is 4.90 Å². The minimum Gasteiger partial charge on any atom is -0.390 e. The molecule has 0 radical (unpaired) electrons. The number of carbonyl (C=O) groups excluding carboxylic acids is 1. The summed E-state index contributed by atoms with van der Waals surface area (Å²) >= 11 is 0. The van der Waals surface area contributed by atoms with E-state index >= 15 is 0 Å². The van der Waals surface area contributed by atoms with E-state index in [0.29, 0.717) is 24.2 Å². The Morgan fingerprint density at radius 3 is 2.83 bits per heavy atom. The van der Waals surface area contributed by atoms with E-state index in [4.69, 9.17) is 5.73 Å². The SMILES string of the molecule is N#CC1CC2CC2N1C(=O)C(N)C12CCC3CC(O)(CC3C1)C2. The van der Waals surface area contributed by atoms with E-state index in [2.05, 4.69) is 6.07 Å². The van der Waals surface area contributed by atoms with Crippen LogP contribution in [-0.2, 0) is 4.79 Å². The summed E-state index contributed by atoms with van der Waals surface area (Å²) in [6.45, 7) is 0. The third-order valence-corrected chi connectivity index (χ3v) is 7.75. The summed E-state index contributed by atoms with van der Waals surface area (Å²) in [5.74, 6) is 1.67. The van der Waals surface area contributed by atoms with Crippen LogP contribution in [0.2, 0.25) is 0 Å². The lowest BCUT2D eigenvalue weighted by molar-refractivity contribution is -0.141. The molecular weight excluding hydrogens is 290 g/mol. The number of nitriles is 1. The van der Waals surface area contributed by atoms with Gasteiger partial charge in [-0.3, -0.25) is 4.79 Å². The molecule has 5 nitrogen and oxygen atoms in total. The predicted molar refractivity (Wildman–Crippen MR) is 82.8 cm³/mol. The summed E-state index contributed by atoms with van der Waals surface area (Å²) in [7, 11) is 0. The maximum atomic E-state index is 13.1. The largest absolute Gasteiger partial charge is 0.390 e. The number of nitrogens with zero attached hydrogens (tertiary/aromatic N) is 2.